The van der Waals surface area contributed by atoms with Gasteiger partial charge in [-0.1, -0.05) is 30.3 Å². The minimum Gasteiger partial charge on any atom is -0.508 e. The van der Waals surface area contributed by atoms with Crippen LogP contribution in [-0.2, 0) is 24.2 Å². The van der Waals surface area contributed by atoms with Crippen LogP contribution in [0, 0.1) is 0 Å². The maximum atomic E-state index is 12.5. The number of aliphatic hydroxyl groups is 1. The maximum Gasteiger partial charge on any atom is 0.224 e. The van der Waals surface area contributed by atoms with Gasteiger partial charge in [0, 0.05) is 25.2 Å². The fraction of sp³-hybridized carbons (Fsp3) is 0.321. The monoisotopic (exact) mass is 494 g/mol. The third kappa shape index (κ3) is 7.90. The molecule has 0 radical (unpaired) electrons. The number of carbonyl (C=O) groups is 1. The van der Waals surface area contributed by atoms with Crippen molar-refractivity contribution in [3.8, 4) is 23.0 Å². The first kappa shape index (κ1) is 26.8. The molecule has 0 spiro atoms. The third-order valence-electron chi connectivity index (χ3n) is 5.80. The van der Waals surface area contributed by atoms with E-state index in [2.05, 4.69) is 10.6 Å². The number of aliphatic hydroxyl groups excluding tert-OH is 1. The summed E-state index contributed by atoms with van der Waals surface area (Å²) in [4.78, 5) is 12.5. The van der Waals surface area contributed by atoms with Gasteiger partial charge in [0.15, 0.2) is 11.5 Å². The second-order valence-corrected chi connectivity index (χ2v) is 8.77. The van der Waals surface area contributed by atoms with E-state index >= 15 is 0 Å². The topological polar surface area (TPSA) is 120 Å². The molecule has 8 nitrogen and oxygen atoms in total. The number of hydrogen-bond acceptors (Lipinski definition) is 7. The molecular formula is C28H34N2O6. The highest BCUT2D eigenvalue weighted by molar-refractivity contribution is 5.78. The molecule has 0 bridgehead atoms. The molecule has 5 N–H and O–H groups in total. The molecule has 2 atom stereocenters. The van der Waals surface area contributed by atoms with E-state index in [1.165, 1.54) is 18.2 Å². The van der Waals surface area contributed by atoms with Crippen molar-refractivity contribution in [1.82, 2.24) is 10.6 Å². The summed E-state index contributed by atoms with van der Waals surface area (Å²) in [6.45, 7) is 2.66. The first-order chi connectivity index (χ1) is 17.3. The lowest BCUT2D eigenvalue weighted by Gasteiger charge is -2.18. The van der Waals surface area contributed by atoms with Crippen molar-refractivity contribution in [3.05, 3.63) is 82.9 Å². The van der Waals surface area contributed by atoms with E-state index < -0.39 is 6.10 Å². The molecule has 0 fully saturated rings. The Morgan fingerprint density at radius 3 is 2.28 bits per heavy atom. The van der Waals surface area contributed by atoms with E-state index in [-0.39, 0.29) is 36.4 Å². The van der Waals surface area contributed by atoms with Gasteiger partial charge in [-0.25, -0.2) is 0 Å². The van der Waals surface area contributed by atoms with E-state index in [0.29, 0.717) is 30.0 Å². The Labute approximate surface area is 211 Å². The van der Waals surface area contributed by atoms with Crippen molar-refractivity contribution in [2.45, 2.75) is 38.5 Å². The van der Waals surface area contributed by atoms with Crippen molar-refractivity contribution >= 4 is 5.91 Å². The predicted molar refractivity (Wildman–Crippen MR) is 137 cm³/mol. The van der Waals surface area contributed by atoms with Crippen molar-refractivity contribution in [3.63, 3.8) is 0 Å². The van der Waals surface area contributed by atoms with Crippen LogP contribution in [0.2, 0.25) is 0 Å². The van der Waals surface area contributed by atoms with Crippen LogP contribution in [0.15, 0.2) is 60.7 Å². The summed E-state index contributed by atoms with van der Waals surface area (Å²) < 4.78 is 10.6. The Morgan fingerprint density at radius 2 is 1.58 bits per heavy atom. The van der Waals surface area contributed by atoms with Crippen LogP contribution in [0.3, 0.4) is 0 Å². The number of hydrogen-bond donors (Lipinski definition) is 5. The highest BCUT2D eigenvalue weighted by atomic mass is 16.5. The van der Waals surface area contributed by atoms with Gasteiger partial charge in [-0.05, 0) is 59.9 Å². The highest BCUT2D eigenvalue weighted by Crippen LogP contribution is 2.27. The average Bonchev–Trinajstić information content (AvgIpc) is 2.85. The molecule has 0 aliphatic heterocycles. The van der Waals surface area contributed by atoms with Gasteiger partial charge in [-0.3, -0.25) is 4.79 Å². The lowest BCUT2D eigenvalue weighted by atomic mass is 10.0. The number of carbonyl (C=O) groups excluding carboxylic acids is 1. The molecule has 2 unspecified atom stereocenters. The second kappa shape index (κ2) is 12.8. The SMILES string of the molecule is COc1ccc(CNC(=O)Cc2cccc(CC(C)NCC(O)c3cc(O)cc(O)c3)c2)cc1OC. The molecule has 0 saturated carbocycles. The Morgan fingerprint density at radius 1 is 0.889 bits per heavy atom. The molecule has 3 aromatic rings. The summed E-state index contributed by atoms with van der Waals surface area (Å²) in [6, 6.07) is 17.5. The molecule has 3 aromatic carbocycles. The Hall–Kier alpha value is -3.75. The first-order valence-corrected chi connectivity index (χ1v) is 11.8. The van der Waals surface area contributed by atoms with Crippen LogP contribution in [0.4, 0.5) is 0 Å². The van der Waals surface area contributed by atoms with E-state index in [9.17, 15) is 20.1 Å². The van der Waals surface area contributed by atoms with Crippen LogP contribution in [-0.4, -0.2) is 48.0 Å². The van der Waals surface area contributed by atoms with Gasteiger partial charge in [-0.2, -0.15) is 0 Å². The molecule has 0 aromatic heterocycles. The number of methoxy groups -OCH3 is 2. The third-order valence-corrected chi connectivity index (χ3v) is 5.80. The predicted octanol–water partition coefficient (Wildman–Crippen LogP) is 3.23. The molecule has 36 heavy (non-hydrogen) atoms. The number of nitrogens with one attached hydrogen (secondary N) is 2. The number of rotatable bonds is 12. The molecule has 192 valence electrons. The van der Waals surface area contributed by atoms with Crippen LogP contribution in [0.1, 0.15) is 35.3 Å². The number of amides is 1. The Kier molecular flexibility index (Phi) is 9.55. The van der Waals surface area contributed by atoms with Gasteiger partial charge in [0.2, 0.25) is 5.91 Å². The molecule has 0 aliphatic rings. The maximum absolute atomic E-state index is 12.5. The summed E-state index contributed by atoms with van der Waals surface area (Å²) in [7, 11) is 3.16. The Bertz CT molecular complexity index is 1150. The van der Waals surface area contributed by atoms with Crippen molar-refractivity contribution in [2.75, 3.05) is 20.8 Å². The zero-order chi connectivity index (χ0) is 26.1. The smallest absolute Gasteiger partial charge is 0.224 e. The number of phenolic OH excluding ortho intramolecular Hbond substituents is 2. The second-order valence-electron chi connectivity index (χ2n) is 8.77. The van der Waals surface area contributed by atoms with Gasteiger partial charge < -0.3 is 35.4 Å². The van der Waals surface area contributed by atoms with E-state index in [4.69, 9.17) is 9.47 Å². The molecule has 0 heterocycles. The van der Waals surface area contributed by atoms with E-state index in [1.807, 2.05) is 49.4 Å². The molecule has 1 amide bonds. The van der Waals surface area contributed by atoms with Crippen molar-refractivity contribution in [1.29, 1.82) is 0 Å². The van der Waals surface area contributed by atoms with Crippen LogP contribution in [0.25, 0.3) is 0 Å². The van der Waals surface area contributed by atoms with Gasteiger partial charge in [0.25, 0.3) is 0 Å². The molecule has 0 saturated heterocycles. The zero-order valence-corrected chi connectivity index (χ0v) is 20.8. The van der Waals surface area contributed by atoms with Crippen LogP contribution in [0.5, 0.6) is 23.0 Å². The number of phenols is 2. The molecular weight excluding hydrogens is 460 g/mol. The van der Waals surface area contributed by atoms with E-state index in [1.54, 1.807) is 14.2 Å². The highest BCUT2D eigenvalue weighted by Gasteiger charge is 2.13. The normalized spacial score (nSPS) is 12.6. The zero-order valence-electron chi connectivity index (χ0n) is 20.8. The minimum absolute atomic E-state index is 0.0553. The summed E-state index contributed by atoms with van der Waals surface area (Å²) in [5.41, 5.74) is 3.34. The van der Waals surface area contributed by atoms with Gasteiger partial charge >= 0.3 is 0 Å². The van der Waals surface area contributed by atoms with Crippen LogP contribution >= 0.6 is 0 Å². The largest absolute Gasteiger partial charge is 0.508 e. The number of benzene rings is 3. The Balaban J connectivity index is 1.48. The average molecular weight is 495 g/mol. The fourth-order valence-electron chi connectivity index (χ4n) is 3.97. The van der Waals surface area contributed by atoms with Crippen LogP contribution < -0.4 is 20.1 Å². The standard InChI is InChI=1S/C28H34N2O6/c1-18(29-17-25(33)22-13-23(31)15-24(32)14-22)9-19-5-4-6-20(10-19)12-28(34)30-16-21-7-8-26(35-2)27(11-21)36-3/h4-8,10-11,13-15,18,25,29,31-33H,9,12,16-17H2,1-3H3,(H,30,34). The summed E-state index contributed by atoms with van der Waals surface area (Å²) >= 11 is 0. The van der Waals surface area contributed by atoms with Gasteiger partial charge in [-0.15, -0.1) is 0 Å². The lowest BCUT2D eigenvalue weighted by molar-refractivity contribution is -0.120. The molecule has 3 rings (SSSR count). The fourth-order valence-corrected chi connectivity index (χ4v) is 3.97. The summed E-state index contributed by atoms with van der Waals surface area (Å²) in [6.07, 6.45) is 0.105. The molecule has 0 aliphatic carbocycles. The number of ether oxygens (including phenoxy) is 2. The summed E-state index contributed by atoms with van der Waals surface area (Å²) in [5, 5.41) is 35.8. The molecule has 8 heteroatoms. The lowest BCUT2D eigenvalue weighted by Crippen LogP contribution is -2.32. The number of aromatic hydroxyl groups is 2. The first-order valence-electron chi connectivity index (χ1n) is 11.8. The van der Waals surface area contributed by atoms with Crippen molar-refractivity contribution < 1.29 is 29.6 Å². The van der Waals surface area contributed by atoms with Gasteiger partial charge in [0.05, 0.1) is 26.7 Å². The quantitative estimate of drug-likeness (QED) is 0.262. The minimum atomic E-state index is -0.869. The van der Waals surface area contributed by atoms with Gasteiger partial charge in [0.1, 0.15) is 11.5 Å². The summed E-state index contributed by atoms with van der Waals surface area (Å²) in [5.74, 6) is 0.988. The van der Waals surface area contributed by atoms with E-state index in [0.717, 1.165) is 16.7 Å². The van der Waals surface area contributed by atoms with Crippen molar-refractivity contribution in [2.24, 2.45) is 0 Å².